The maximum absolute atomic E-state index is 11.9. The Morgan fingerprint density at radius 2 is 2.29 bits per heavy atom. The molecule has 2 atom stereocenters. The first-order valence-electron chi connectivity index (χ1n) is 5.36. The molecule has 2 aliphatic rings. The largest absolute Gasteiger partial charge is 0.394 e. The zero-order valence-electron chi connectivity index (χ0n) is 8.32. The molecular formula is C10H17NO3. The molecule has 0 aromatic carbocycles. The van der Waals surface area contributed by atoms with Crippen molar-refractivity contribution in [1.82, 2.24) is 4.90 Å². The molecule has 1 amide bonds. The Bertz CT molecular complexity index is 213. The van der Waals surface area contributed by atoms with E-state index in [-0.39, 0.29) is 24.7 Å². The smallest absolute Gasteiger partial charge is 0.252 e. The molecule has 14 heavy (non-hydrogen) atoms. The highest BCUT2D eigenvalue weighted by molar-refractivity contribution is 5.81. The molecule has 4 nitrogen and oxygen atoms in total. The fourth-order valence-corrected chi connectivity index (χ4v) is 2.27. The Kier molecular flexibility index (Phi) is 3.03. The van der Waals surface area contributed by atoms with Crippen LogP contribution >= 0.6 is 0 Å². The molecule has 2 rings (SSSR count). The number of rotatable bonds is 2. The second-order valence-corrected chi connectivity index (χ2v) is 4.01. The Morgan fingerprint density at radius 3 is 2.93 bits per heavy atom. The van der Waals surface area contributed by atoms with Gasteiger partial charge in [-0.3, -0.25) is 4.79 Å². The van der Waals surface area contributed by atoms with Crippen LogP contribution in [0.5, 0.6) is 0 Å². The van der Waals surface area contributed by atoms with Gasteiger partial charge in [-0.05, 0) is 25.7 Å². The summed E-state index contributed by atoms with van der Waals surface area (Å²) in [5, 5.41) is 9.09. The summed E-state index contributed by atoms with van der Waals surface area (Å²) in [4.78, 5) is 13.7. The molecule has 0 radical (unpaired) electrons. The van der Waals surface area contributed by atoms with Gasteiger partial charge in [0.1, 0.15) is 6.10 Å². The Labute approximate surface area is 83.8 Å². The van der Waals surface area contributed by atoms with Crippen LogP contribution < -0.4 is 0 Å². The van der Waals surface area contributed by atoms with E-state index in [1.807, 2.05) is 0 Å². The predicted molar refractivity (Wildman–Crippen MR) is 50.8 cm³/mol. The highest BCUT2D eigenvalue weighted by Crippen LogP contribution is 2.22. The normalized spacial score (nSPS) is 32.5. The fraction of sp³-hybridized carbons (Fsp3) is 0.900. The van der Waals surface area contributed by atoms with Crippen LogP contribution in [0.1, 0.15) is 25.7 Å². The van der Waals surface area contributed by atoms with Crippen molar-refractivity contribution >= 4 is 5.91 Å². The quantitative estimate of drug-likeness (QED) is 0.688. The van der Waals surface area contributed by atoms with Crippen molar-refractivity contribution in [2.24, 2.45) is 0 Å². The van der Waals surface area contributed by atoms with Gasteiger partial charge in [0, 0.05) is 13.2 Å². The third kappa shape index (κ3) is 1.77. The Balaban J connectivity index is 1.95. The molecule has 0 bridgehead atoms. The monoisotopic (exact) mass is 199 g/mol. The van der Waals surface area contributed by atoms with Crippen LogP contribution in [-0.4, -0.2) is 47.8 Å². The number of carbonyl (C=O) groups excluding carboxylic acids is 1. The van der Waals surface area contributed by atoms with Gasteiger partial charge in [0.25, 0.3) is 5.91 Å². The Hall–Kier alpha value is -0.610. The lowest BCUT2D eigenvalue weighted by Gasteiger charge is -2.25. The highest BCUT2D eigenvalue weighted by Gasteiger charge is 2.34. The van der Waals surface area contributed by atoms with Crippen molar-refractivity contribution in [3.8, 4) is 0 Å². The minimum absolute atomic E-state index is 0.0340. The zero-order valence-corrected chi connectivity index (χ0v) is 8.32. The van der Waals surface area contributed by atoms with Gasteiger partial charge in [-0.1, -0.05) is 0 Å². The van der Waals surface area contributed by atoms with E-state index in [1.54, 1.807) is 4.90 Å². The van der Waals surface area contributed by atoms with Gasteiger partial charge in [0.15, 0.2) is 0 Å². The van der Waals surface area contributed by atoms with E-state index in [2.05, 4.69) is 0 Å². The zero-order chi connectivity index (χ0) is 9.97. The molecule has 80 valence electrons. The van der Waals surface area contributed by atoms with E-state index < -0.39 is 0 Å². The van der Waals surface area contributed by atoms with Crippen molar-refractivity contribution in [3.63, 3.8) is 0 Å². The van der Waals surface area contributed by atoms with Crippen LogP contribution in [0.15, 0.2) is 0 Å². The Morgan fingerprint density at radius 1 is 1.43 bits per heavy atom. The second kappa shape index (κ2) is 4.28. The third-order valence-corrected chi connectivity index (χ3v) is 3.08. The van der Waals surface area contributed by atoms with Gasteiger partial charge in [-0.25, -0.2) is 0 Å². The predicted octanol–water partition coefficient (Wildman–Crippen LogP) is 0.149. The molecule has 2 aliphatic heterocycles. The van der Waals surface area contributed by atoms with Crippen LogP contribution in [0, 0.1) is 0 Å². The molecule has 0 aromatic heterocycles. The summed E-state index contributed by atoms with van der Waals surface area (Å²) < 4.78 is 5.35. The minimum Gasteiger partial charge on any atom is -0.394 e. The molecule has 0 aliphatic carbocycles. The lowest BCUT2D eigenvalue weighted by atomic mass is 10.2. The maximum Gasteiger partial charge on any atom is 0.252 e. The molecule has 4 heteroatoms. The first-order chi connectivity index (χ1) is 6.83. The molecule has 0 aromatic rings. The molecule has 0 saturated carbocycles. The van der Waals surface area contributed by atoms with E-state index in [1.165, 1.54) is 0 Å². The number of aliphatic hydroxyl groups is 1. The van der Waals surface area contributed by atoms with Crippen LogP contribution in [0.25, 0.3) is 0 Å². The van der Waals surface area contributed by atoms with E-state index in [4.69, 9.17) is 9.84 Å². The second-order valence-electron chi connectivity index (χ2n) is 4.01. The van der Waals surface area contributed by atoms with Crippen molar-refractivity contribution in [2.75, 3.05) is 19.8 Å². The van der Waals surface area contributed by atoms with Crippen LogP contribution in [-0.2, 0) is 9.53 Å². The van der Waals surface area contributed by atoms with Gasteiger partial charge in [-0.2, -0.15) is 0 Å². The van der Waals surface area contributed by atoms with Crippen LogP contribution in [0.4, 0.5) is 0 Å². The molecular weight excluding hydrogens is 182 g/mol. The molecule has 0 spiro atoms. The summed E-state index contributed by atoms with van der Waals surface area (Å²) in [6.45, 7) is 1.57. The first-order valence-corrected chi connectivity index (χ1v) is 5.36. The summed E-state index contributed by atoms with van der Waals surface area (Å²) in [7, 11) is 0. The average Bonchev–Trinajstić information content (AvgIpc) is 2.87. The SMILES string of the molecule is O=C(C1CCCO1)N1CCC[C@@H]1CO. The average molecular weight is 199 g/mol. The van der Waals surface area contributed by atoms with Crippen molar-refractivity contribution in [3.05, 3.63) is 0 Å². The topological polar surface area (TPSA) is 49.8 Å². The summed E-state index contributed by atoms with van der Waals surface area (Å²) in [5.74, 6) is 0.0825. The van der Waals surface area contributed by atoms with Crippen LogP contribution in [0.3, 0.4) is 0 Å². The van der Waals surface area contributed by atoms with Gasteiger partial charge in [0.2, 0.25) is 0 Å². The number of carbonyl (C=O) groups is 1. The number of hydrogen-bond acceptors (Lipinski definition) is 3. The number of hydrogen-bond donors (Lipinski definition) is 1. The molecule has 1 unspecified atom stereocenters. The number of nitrogens with zero attached hydrogens (tertiary/aromatic N) is 1. The van der Waals surface area contributed by atoms with Crippen molar-refractivity contribution in [1.29, 1.82) is 0 Å². The lowest BCUT2D eigenvalue weighted by molar-refractivity contribution is -0.142. The van der Waals surface area contributed by atoms with E-state index in [0.717, 1.165) is 32.2 Å². The number of likely N-dealkylation sites (tertiary alicyclic amines) is 1. The first kappa shape index (κ1) is 9.93. The van der Waals surface area contributed by atoms with E-state index >= 15 is 0 Å². The van der Waals surface area contributed by atoms with E-state index in [9.17, 15) is 4.79 Å². The summed E-state index contributed by atoms with van der Waals surface area (Å²) in [6, 6.07) is 0.0340. The molecule has 1 N–H and O–H groups in total. The highest BCUT2D eigenvalue weighted by atomic mass is 16.5. The lowest BCUT2D eigenvalue weighted by Crippen LogP contribution is -2.43. The molecule has 2 saturated heterocycles. The van der Waals surface area contributed by atoms with Gasteiger partial charge in [-0.15, -0.1) is 0 Å². The van der Waals surface area contributed by atoms with Gasteiger partial charge < -0.3 is 14.7 Å². The minimum atomic E-state index is -0.234. The molecule has 2 fully saturated rings. The number of aliphatic hydroxyl groups excluding tert-OH is 1. The van der Waals surface area contributed by atoms with Gasteiger partial charge in [0.05, 0.1) is 12.6 Å². The molecule has 2 heterocycles. The van der Waals surface area contributed by atoms with Crippen molar-refractivity contribution in [2.45, 2.75) is 37.8 Å². The maximum atomic E-state index is 11.9. The number of ether oxygens (including phenoxy) is 1. The summed E-state index contributed by atoms with van der Waals surface area (Å²) in [6.07, 6.45) is 3.52. The third-order valence-electron chi connectivity index (χ3n) is 3.08. The van der Waals surface area contributed by atoms with Crippen LogP contribution in [0.2, 0.25) is 0 Å². The summed E-state index contributed by atoms with van der Waals surface area (Å²) >= 11 is 0. The number of amides is 1. The van der Waals surface area contributed by atoms with Gasteiger partial charge >= 0.3 is 0 Å². The van der Waals surface area contributed by atoms with Crippen molar-refractivity contribution < 1.29 is 14.6 Å². The summed E-state index contributed by atoms with van der Waals surface area (Å²) in [5.41, 5.74) is 0. The fourth-order valence-electron chi connectivity index (χ4n) is 2.27. The standard InChI is InChI=1S/C10H17NO3/c12-7-8-3-1-5-11(8)10(13)9-4-2-6-14-9/h8-9,12H,1-7H2/t8-,9?/m1/s1. The van der Waals surface area contributed by atoms with E-state index in [0.29, 0.717) is 6.61 Å².